The summed E-state index contributed by atoms with van der Waals surface area (Å²) in [6.45, 7) is 1.91. The topological polar surface area (TPSA) is 40.9 Å². The molecule has 0 spiro atoms. The molecule has 0 saturated carbocycles. The summed E-state index contributed by atoms with van der Waals surface area (Å²) in [5.41, 5.74) is 2.54. The predicted octanol–water partition coefficient (Wildman–Crippen LogP) is 1.61. The quantitative estimate of drug-likeness (QED) is 0.615. The maximum atomic E-state index is 10.2. The van der Waals surface area contributed by atoms with Gasteiger partial charge in [0.2, 0.25) is 0 Å². The van der Waals surface area contributed by atoms with Gasteiger partial charge in [0.1, 0.15) is 6.29 Å². The Morgan fingerprint density at radius 2 is 2.25 bits per heavy atom. The summed E-state index contributed by atoms with van der Waals surface area (Å²) in [6.07, 6.45) is 1.23. The normalized spacial score (nSPS) is 9.00. The molecule has 1 rings (SSSR count). The average Bonchev–Trinajstić information content (AvgIpc) is 2.04. The fourth-order valence-corrected chi connectivity index (χ4v) is 1.14. The molecule has 0 fully saturated rings. The van der Waals surface area contributed by atoms with Crippen LogP contribution in [0.1, 0.15) is 16.7 Å². The minimum atomic E-state index is 0.385. The van der Waals surface area contributed by atoms with Crippen LogP contribution in [0.25, 0.3) is 0 Å². The summed E-state index contributed by atoms with van der Waals surface area (Å²) < 4.78 is 0. The first-order chi connectivity index (χ1) is 5.76. The van der Waals surface area contributed by atoms with E-state index in [4.69, 9.17) is 5.26 Å². The summed E-state index contributed by atoms with van der Waals surface area (Å²) in [4.78, 5) is 10.2. The maximum Gasteiger partial charge on any atom is 0.124 e. The van der Waals surface area contributed by atoms with Gasteiger partial charge in [-0.2, -0.15) is 5.26 Å². The summed E-state index contributed by atoms with van der Waals surface area (Å²) in [5, 5.41) is 8.62. The number of nitriles is 1. The smallest absolute Gasteiger partial charge is 0.124 e. The third-order valence-corrected chi connectivity index (χ3v) is 1.59. The van der Waals surface area contributed by atoms with Crippen LogP contribution in [0.5, 0.6) is 0 Å². The molecule has 0 N–H and O–H groups in total. The van der Waals surface area contributed by atoms with E-state index in [-0.39, 0.29) is 0 Å². The van der Waals surface area contributed by atoms with E-state index in [1.165, 1.54) is 0 Å². The fraction of sp³-hybridized carbons (Fsp3) is 0.200. The molecule has 0 amide bonds. The van der Waals surface area contributed by atoms with Gasteiger partial charge >= 0.3 is 0 Å². The van der Waals surface area contributed by atoms with Crippen molar-refractivity contribution in [2.75, 3.05) is 0 Å². The van der Waals surface area contributed by atoms with Crippen LogP contribution >= 0.6 is 0 Å². The first-order valence-electron chi connectivity index (χ1n) is 3.70. The highest BCUT2D eigenvalue weighted by Gasteiger charge is 1.96. The Morgan fingerprint density at radius 3 is 2.83 bits per heavy atom. The van der Waals surface area contributed by atoms with Gasteiger partial charge in [0.05, 0.1) is 11.6 Å². The third kappa shape index (κ3) is 1.93. The molecule has 12 heavy (non-hydrogen) atoms. The Hall–Kier alpha value is -1.62. The monoisotopic (exact) mass is 159 g/mol. The molecule has 1 aromatic carbocycles. The Balaban J connectivity index is 3.07. The van der Waals surface area contributed by atoms with Gasteiger partial charge in [0.25, 0.3) is 0 Å². The van der Waals surface area contributed by atoms with Gasteiger partial charge in [0, 0.05) is 6.42 Å². The van der Waals surface area contributed by atoms with Crippen LogP contribution in [0.15, 0.2) is 18.2 Å². The SMILES string of the molecule is Cc1cc(C#N)cc(CC=O)c1. The lowest BCUT2D eigenvalue weighted by atomic mass is 10.1. The molecule has 0 heterocycles. The van der Waals surface area contributed by atoms with Crippen molar-refractivity contribution in [3.63, 3.8) is 0 Å². The molecule has 0 aliphatic carbocycles. The first kappa shape index (κ1) is 8.48. The minimum absolute atomic E-state index is 0.385. The first-order valence-corrected chi connectivity index (χ1v) is 3.70. The number of aryl methyl sites for hydroxylation is 1. The summed E-state index contributed by atoms with van der Waals surface area (Å²) in [6, 6.07) is 7.50. The van der Waals surface area contributed by atoms with E-state index in [2.05, 4.69) is 6.07 Å². The lowest BCUT2D eigenvalue weighted by Gasteiger charge is -1.98. The van der Waals surface area contributed by atoms with Crippen LogP contribution < -0.4 is 0 Å². The van der Waals surface area contributed by atoms with Crippen molar-refractivity contribution >= 4 is 6.29 Å². The molecule has 0 aliphatic rings. The maximum absolute atomic E-state index is 10.2. The van der Waals surface area contributed by atoms with Crippen LogP contribution in [-0.2, 0) is 11.2 Å². The molecule has 0 unspecified atom stereocenters. The average molecular weight is 159 g/mol. The highest BCUT2D eigenvalue weighted by Crippen LogP contribution is 2.08. The van der Waals surface area contributed by atoms with Gasteiger partial charge in [-0.3, -0.25) is 0 Å². The lowest BCUT2D eigenvalue weighted by Crippen LogP contribution is -1.88. The van der Waals surface area contributed by atoms with Crippen LogP contribution in [0.4, 0.5) is 0 Å². The minimum Gasteiger partial charge on any atom is -0.303 e. The van der Waals surface area contributed by atoms with Crippen molar-refractivity contribution in [3.05, 3.63) is 34.9 Å². The largest absolute Gasteiger partial charge is 0.303 e. The zero-order valence-corrected chi connectivity index (χ0v) is 6.87. The van der Waals surface area contributed by atoms with Crippen molar-refractivity contribution in [2.24, 2.45) is 0 Å². The van der Waals surface area contributed by atoms with E-state index < -0.39 is 0 Å². The highest BCUT2D eigenvalue weighted by molar-refractivity contribution is 5.56. The molecule has 0 saturated heterocycles. The Bertz CT molecular complexity index is 336. The van der Waals surface area contributed by atoms with Gasteiger partial charge in [-0.05, 0) is 30.2 Å². The van der Waals surface area contributed by atoms with Crippen LogP contribution in [0.3, 0.4) is 0 Å². The summed E-state index contributed by atoms with van der Waals surface area (Å²) in [7, 11) is 0. The molecule has 0 radical (unpaired) electrons. The van der Waals surface area contributed by atoms with E-state index >= 15 is 0 Å². The number of aldehydes is 1. The second-order valence-corrected chi connectivity index (χ2v) is 2.69. The van der Waals surface area contributed by atoms with Gasteiger partial charge < -0.3 is 4.79 Å². The second kappa shape index (κ2) is 3.68. The number of benzene rings is 1. The molecule has 0 aliphatic heterocycles. The van der Waals surface area contributed by atoms with Crippen molar-refractivity contribution in [3.8, 4) is 6.07 Å². The number of hydrogen-bond acceptors (Lipinski definition) is 2. The van der Waals surface area contributed by atoms with Gasteiger partial charge in [-0.1, -0.05) is 6.07 Å². The highest BCUT2D eigenvalue weighted by atomic mass is 16.1. The fourth-order valence-electron chi connectivity index (χ4n) is 1.14. The van der Waals surface area contributed by atoms with Gasteiger partial charge in [-0.25, -0.2) is 0 Å². The van der Waals surface area contributed by atoms with Crippen molar-refractivity contribution in [1.29, 1.82) is 5.26 Å². The number of rotatable bonds is 2. The number of carbonyl (C=O) groups excluding carboxylic acids is 1. The Morgan fingerprint density at radius 1 is 1.50 bits per heavy atom. The van der Waals surface area contributed by atoms with Crippen LogP contribution in [-0.4, -0.2) is 6.29 Å². The van der Waals surface area contributed by atoms with Crippen LogP contribution in [0.2, 0.25) is 0 Å². The Kier molecular flexibility index (Phi) is 2.60. The van der Waals surface area contributed by atoms with Crippen molar-refractivity contribution in [2.45, 2.75) is 13.3 Å². The number of carbonyl (C=O) groups is 1. The summed E-state index contributed by atoms with van der Waals surface area (Å²) >= 11 is 0. The zero-order chi connectivity index (χ0) is 8.97. The molecule has 2 nitrogen and oxygen atoms in total. The van der Waals surface area contributed by atoms with Crippen molar-refractivity contribution < 1.29 is 4.79 Å². The van der Waals surface area contributed by atoms with Crippen molar-refractivity contribution in [1.82, 2.24) is 0 Å². The van der Waals surface area contributed by atoms with Gasteiger partial charge in [0.15, 0.2) is 0 Å². The summed E-state index contributed by atoms with van der Waals surface area (Å²) in [5.74, 6) is 0. The van der Waals surface area contributed by atoms with E-state index in [1.807, 2.05) is 13.0 Å². The van der Waals surface area contributed by atoms with Crippen LogP contribution in [0, 0.1) is 18.3 Å². The molecule has 2 heteroatoms. The number of nitrogens with zero attached hydrogens (tertiary/aromatic N) is 1. The van der Waals surface area contributed by atoms with E-state index in [0.29, 0.717) is 12.0 Å². The van der Waals surface area contributed by atoms with E-state index in [0.717, 1.165) is 17.4 Å². The molecular formula is C10H9NO. The molecule has 0 atom stereocenters. The predicted molar refractivity (Wildman–Crippen MR) is 45.7 cm³/mol. The molecule has 60 valence electrons. The van der Waals surface area contributed by atoms with E-state index in [1.54, 1.807) is 12.1 Å². The standard InChI is InChI=1S/C10H9NO/c1-8-4-9(2-3-12)6-10(5-8)7-11/h3-6H,2H2,1H3. The second-order valence-electron chi connectivity index (χ2n) is 2.69. The molecule has 1 aromatic rings. The Labute approximate surface area is 71.4 Å². The van der Waals surface area contributed by atoms with E-state index in [9.17, 15) is 4.79 Å². The van der Waals surface area contributed by atoms with Gasteiger partial charge in [-0.15, -0.1) is 0 Å². The molecular weight excluding hydrogens is 150 g/mol. The number of hydrogen-bond donors (Lipinski definition) is 0. The zero-order valence-electron chi connectivity index (χ0n) is 6.87. The third-order valence-electron chi connectivity index (χ3n) is 1.59. The molecule has 0 aromatic heterocycles. The molecule has 0 bridgehead atoms. The lowest BCUT2D eigenvalue weighted by molar-refractivity contribution is -0.107.